The molecular weight excluding hydrogens is 231 g/mol. The predicted octanol–water partition coefficient (Wildman–Crippen LogP) is 2.46. The molecular formula is C14H9FN2O. The first kappa shape index (κ1) is 11.8. The van der Waals surface area contributed by atoms with Crippen molar-refractivity contribution in [3.8, 4) is 17.2 Å². The molecule has 0 spiro atoms. The summed E-state index contributed by atoms with van der Waals surface area (Å²) in [5, 5.41) is 8.79. The van der Waals surface area contributed by atoms with Gasteiger partial charge in [-0.15, -0.1) is 0 Å². The van der Waals surface area contributed by atoms with Crippen LogP contribution in [0.25, 0.3) is 11.1 Å². The van der Waals surface area contributed by atoms with Gasteiger partial charge in [-0.05, 0) is 29.3 Å². The Morgan fingerprint density at radius 2 is 1.94 bits per heavy atom. The number of rotatable bonds is 2. The summed E-state index contributed by atoms with van der Waals surface area (Å²) in [6.07, 6.45) is 0. The van der Waals surface area contributed by atoms with Crippen molar-refractivity contribution < 1.29 is 9.18 Å². The maximum atomic E-state index is 13.2. The van der Waals surface area contributed by atoms with Crippen molar-refractivity contribution in [2.45, 2.75) is 0 Å². The summed E-state index contributed by atoms with van der Waals surface area (Å²) in [7, 11) is 0. The highest BCUT2D eigenvalue weighted by atomic mass is 19.1. The second-order valence-electron chi connectivity index (χ2n) is 3.72. The van der Waals surface area contributed by atoms with Gasteiger partial charge >= 0.3 is 0 Å². The van der Waals surface area contributed by atoms with E-state index in [0.717, 1.165) is 0 Å². The monoisotopic (exact) mass is 240 g/mol. The van der Waals surface area contributed by atoms with E-state index in [2.05, 4.69) is 0 Å². The van der Waals surface area contributed by atoms with Crippen LogP contribution < -0.4 is 5.73 Å². The van der Waals surface area contributed by atoms with Crippen molar-refractivity contribution >= 4 is 5.91 Å². The minimum atomic E-state index is -0.585. The van der Waals surface area contributed by atoms with Gasteiger partial charge in [0.05, 0.1) is 5.56 Å². The summed E-state index contributed by atoms with van der Waals surface area (Å²) < 4.78 is 13.2. The lowest BCUT2D eigenvalue weighted by Gasteiger charge is -2.07. The van der Waals surface area contributed by atoms with Crippen LogP contribution in [-0.4, -0.2) is 5.91 Å². The molecule has 0 aromatic heterocycles. The predicted molar refractivity (Wildman–Crippen MR) is 65.1 cm³/mol. The van der Waals surface area contributed by atoms with Crippen molar-refractivity contribution in [3.63, 3.8) is 0 Å². The van der Waals surface area contributed by atoms with Crippen LogP contribution in [0.1, 0.15) is 15.9 Å². The number of carbonyl (C=O) groups excluding carboxylic acids is 1. The molecule has 0 aliphatic rings. The fourth-order valence-electron chi connectivity index (χ4n) is 1.73. The Morgan fingerprint density at radius 3 is 2.61 bits per heavy atom. The Kier molecular flexibility index (Phi) is 3.07. The maximum absolute atomic E-state index is 13.2. The summed E-state index contributed by atoms with van der Waals surface area (Å²) in [6, 6.07) is 12.6. The number of benzene rings is 2. The smallest absolute Gasteiger partial charge is 0.249 e. The number of nitrogens with two attached hydrogens (primary N) is 1. The molecule has 18 heavy (non-hydrogen) atoms. The molecule has 0 unspecified atom stereocenters. The second-order valence-corrected chi connectivity index (χ2v) is 3.72. The highest BCUT2D eigenvalue weighted by molar-refractivity contribution is 5.99. The lowest BCUT2D eigenvalue weighted by atomic mass is 9.98. The van der Waals surface area contributed by atoms with Gasteiger partial charge in [0.1, 0.15) is 11.9 Å². The first-order valence-corrected chi connectivity index (χ1v) is 5.22. The molecule has 0 fully saturated rings. The van der Waals surface area contributed by atoms with Gasteiger partial charge in [-0.25, -0.2) is 4.39 Å². The van der Waals surface area contributed by atoms with Crippen LogP contribution >= 0.6 is 0 Å². The lowest BCUT2D eigenvalue weighted by Crippen LogP contribution is -2.12. The normalized spacial score (nSPS) is 9.78. The van der Waals surface area contributed by atoms with Crippen molar-refractivity contribution in [1.29, 1.82) is 5.26 Å². The zero-order valence-electron chi connectivity index (χ0n) is 9.35. The Hall–Kier alpha value is -2.67. The minimum Gasteiger partial charge on any atom is -0.366 e. The number of halogens is 1. The third kappa shape index (κ3) is 2.06. The van der Waals surface area contributed by atoms with Crippen LogP contribution in [0.4, 0.5) is 4.39 Å². The van der Waals surface area contributed by atoms with Crippen molar-refractivity contribution in [1.82, 2.24) is 0 Å². The van der Waals surface area contributed by atoms with Crippen LogP contribution in [0.2, 0.25) is 0 Å². The Bertz CT molecular complexity index is 659. The zero-order chi connectivity index (χ0) is 13.1. The first-order valence-electron chi connectivity index (χ1n) is 5.22. The summed E-state index contributed by atoms with van der Waals surface area (Å²) in [6.45, 7) is 0. The van der Waals surface area contributed by atoms with Crippen LogP contribution in [0.3, 0.4) is 0 Å². The Morgan fingerprint density at radius 1 is 1.22 bits per heavy atom. The minimum absolute atomic E-state index is 0.0632. The molecule has 0 saturated carbocycles. The van der Waals surface area contributed by atoms with Crippen molar-refractivity contribution in [3.05, 3.63) is 59.4 Å². The fraction of sp³-hybridized carbons (Fsp3) is 0. The van der Waals surface area contributed by atoms with Crippen LogP contribution in [0.15, 0.2) is 42.5 Å². The zero-order valence-corrected chi connectivity index (χ0v) is 9.35. The van der Waals surface area contributed by atoms with Gasteiger partial charge in [0, 0.05) is 5.56 Å². The van der Waals surface area contributed by atoms with Gasteiger partial charge in [-0.3, -0.25) is 4.79 Å². The molecule has 1 amide bonds. The topological polar surface area (TPSA) is 66.9 Å². The fourth-order valence-corrected chi connectivity index (χ4v) is 1.73. The van der Waals surface area contributed by atoms with Crippen LogP contribution in [0, 0.1) is 17.1 Å². The average Bonchev–Trinajstić information content (AvgIpc) is 2.39. The molecule has 2 N–H and O–H groups in total. The second kappa shape index (κ2) is 4.68. The van der Waals surface area contributed by atoms with E-state index in [9.17, 15) is 9.18 Å². The quantitative estimate of drug-likeness (QED) is 0.876. The first-order chi connectivity index (χ1) is 8.63. The van der Waals surface area contributed by atoms with E-state index in [1.54, 1.807) is 30.3 Å². The number of nitriles is 1. The van der Waals surface area contributed by atoms with E-state index in [4.69, 9.17) is 11.0 Å². The third-order valence-electron chi connectivity index (χ3n) is 2.59. The Labute approximate surface area is 103 Å². The summed E-state index contributed by atoms with van der Waals surface area (Å²) >= 11 is 0. The molecule has 4 heteroatoms. The van der Waals surface area contributed by atoms with Crippen LogP contribution in [0.5, 0.6) is 0 Å². The number of hydrogen-bond acceptors (Lipinski definition) is 2. The van der Waals surface area contributed by atoms with E-state index in [0.29, 0.717) is 16.7 Å². The average molecular weight is 240 g/mol. The van der Waals surface area contributed by atoms with E-state index in [1.165, 1.54) is 18.2 Å². The number of hydrogen-bond donors (Lipinski definition) is 1. The molecule has 0 heterocycles. The molecule has 0 radical (unpaired) electrons. The SMILES string of the molecule is N#Cc1cc(-c2ccccc2C(N)=O)ccc1F. The number of amides is 1. The molecule has 3 nitrogen and oxygen atoms in total. The van der Waals surface area contributed by atoms with Gasteiger partial charge in [0.25, 0.3) is 0 Å². The lowest BCUT2D eigenvalue weighted by molar-refractivity contribution is 0.100. The Balaban J connectivity index is 2.63. The van der Waals surface area contributed by atoms with Gasteiger partial charge in [-0.2, -0.15) is 5.26 Å². The highest BCUT2D eigenvalue weighted by Crippen LogP contribution is 2.25. The van der Waals surface area contributed by atoms with Gasteiger partial charge < -0.3 is 5.73 Å². The molecule has 0 bridgehead atoms. The molecule has 0 aliphatic heterocycles. The number of primary amides is 1. The van der Waals surface area contributed by atoms with E-state index < -0.39 is 11.7 Å². The highest BCUT2D eigenvalue weighted by Gasteiger charge is 2.11. The molecule has 0 atom stereocenters. The third-order valence-corrected chi connectivity index (χ3v) is 2.59. The van der Waals surface area contributed by atoms with Crippen molar-refractivity contribution in [2.75, 3.05) is 0 Å². The maximum Gasteiger partial charge on any atom is 0.249 e. The number of carbonyl (C=O) groups is 1. The van der Waals surface area contributed by atoms with E-state index in [1.807, 2.05) is 0 Å². The van der Waals surface area contributed by atoms with Crippen LogP contribution in [-0.2, 0) is 0 Å². The summed E-state index contributed by atoms with van der Waals surface area (Å²) in [4.78, 5) is 11.3. The standard InChI is InChI=1S/C14H9FN2O/c15-13-6-5-9(7-10(13)8-16)11-3-1-2-4-12(11)14(17)18/h1-7H,(H2,17,18). The summed E-state index contributed by atoms with van der Waals surface area (Å²) in [5.41, 5.74) is 6.72. The van der Waals surface area contributed by atoms with Gasteiger partial charge in [0.15, 0.2) is 0 Å². The van der Waals surface area contributed by atoms with Crippen molar-refractivity contribution in [2.24, 2.45) is 5.73 Å². The molecule has 88 valence electrons. The molecule has 2 rings (SSSR count). The number of nitrogens with zero attached hydrogens (tertiary/aromatic N) is 1. The molecule has 0 saturated heterocycles. The molecule has 2 aromatic rings. The molecule has 0 aliphatic carbocycles. The largest absolute Gasteiger partial charge is 0.366 e. The van der Waals surface area contributed by atoms with Gasteiger partial charge in [-0.1, -0.05) is 24.3 Å². The molecule has 2 aromatic carbocycles. The van der Waals surface area contributed by atoms with Gasteiger partial charge in [0.2, 0.25) is 5.91 Å². The summed E-state index contributed by atoms with van der Waals surface area (Å²) in [5.74, 6) is -1.15. The van der Waals surface area contributed by atoms with E-state index in [-0.39, 0.29) is 5.56 Å². The van der Waals surface area contributed by atoms with E-state index >= 15 is 0 Å².